The van der Waals surface area contributed by atoms with Crippen LogP contribution in [0.15, 0.2) is 46.9 Å². The summed E-state index contributed by atoms with van der Waals surface area (Å²) in [5, 5.41) is 2.65. The van der Waals surface area contributed by atoms with Crippen LogP contribution < -0.4 is 5.32 Å². The zero-order chi connectivity index (χ0) is 13.1. The van der Waals surface area contributed by atoms with Gasteiger partial charge < -0.3 is 5.32 Å². The quantitative estimate of drug-likeness (QED) is 0.887. The lowest BCUT2D eigenvalue weighted by Crippen LogP contribution is -2.13. The predicted molar refractivity (Wildman–Crippen MR) is 73.2 cm³/mol. The maximum atomic E-state index is 13.5. The van der Waals surface area contributed by atoms with E-state index in [2.05, 4.69) is 21.2 Å². The molecule has 0 unspecified atom stereocenters. The van der Waals surface area contributed by atoms with E-state index in [0.717, 1.165) is 5.56 Å². The summed E-state index contributed by atoms with van der Waals surface area (Å²) in [5.74, 6) is -1.000. The molecule has 0 heterocycles. The SMILES string of the molecule is Cc1ccc(NC(=O)c2cc(Br)ccc2F)cc1. The van der Waals surface area contributed by atoms with E-state index in [1.165, 1.54) is 12.1 Å². The minimum Gasteiger partial charge on any atom is -0.322 e. The van der Waals surface area contributed by atoms with Gasteiger partial charge in [0.05, 0.1) is 5.56 Å². The highest BCUT2D eigenvalue weighted by Gasteiger charge is 2.12. The van der Waals surface area contributed by atoms with E-state index >= 15 is 0 Å². The zero-order valence-electron chi connectivity index (χ0n) is 9.71. The summed E-state index contributed by atoms with van der Waals surface area (Å²) in [7, 11) is 0. The second-order valence-corrected chi connectivity index (χ2v) is 4.86. The topological polar surface area (TPSA) is 29.1 Å². The van der Waals surface area contributed by atoms with Crippen molar-refractivity contribution in [1.82, 2.24) is 0 Å². The van der Waals surface area contributed by atoms with Crippen molar-refractivity contribution in [2.75, 3.05) is 5.32 Å². The van der Waals surface area contributed by atoms with Crippen molar-refractivity contribution >= 4 is 27.5 Å². The number of hydrogen-bond acceptors (Lipinski definition) is 1. The van der Waals surface area contributed by atoms with Gasteiger partial charge in [-0.1, -0.05) is 33.6 Å². The van der Waals surface area contributed by atoms with E-state index in [1.54, 1.807) is 18.2 Å². The van der Waals surface area contributed by atoms with E-state index in [1.807, 2.05) is 19.1 Å². The van der Waals surface area contributed by atoms with Gasteiger partial charge in [0.2, 0.25) is 0 Å². The Balaban J connectivity index is 2.21. The fourth-order valence-corrected chi connectivity index (χ4v) is 1.87. The van der Waals surface area contributed by atoms with Crippen LogP contribution in [-0.2, 0) is 0 Å². The maximum Gasteiger partial charge on any atom is 0.258 e. The summed E-state index contributed by atoms with van der Waals surface area (Å²) in [6.07, 6.45) is 0. The molecular formula is C14H11BrFNO. The van der Waals surface area contributed by atoms with Gasteiger partial charge in [-0.2, -0.15) is 0 Å². The van der Waals surface area contributed by atoms with Crippen molar-refractivity contribution in [3.05, 3.63) is 63.9 Å². The van der Waals surface area contributed by atoms with Gasteiger partial charge in [0.25, 0.3) is 5.91 Å². The number of anilines is 1. The molecule has 0 spiro atoms. The average Bonchev–Trinajstić information content (AvgIpc) is 2.35. The first-order valence-electron chi connectivity index (χ1n) is 5.39. The number of carbonyl (C=O) groups is 1. The highest BCUT2D eigenvalue weighted by atomic mass is 79.9. The number of amides is 1. The smallest absolute Gasteiger partial charge is 0.258 e. The largest absolute Gasteiger partial charge is 0.322 e. The first kappa shape index (κ1) is 12.8. The summed E-state index contributed by atoms with van der Waals surface area (Å²) >= 11 is 3.21. The zero-order valence-corrected chi connectivity index (χ0v) is 11.3. The standard InChI is InChI=1S/C14H11BrFNO/c1-9-2-5-11(6-3-9)17-14(18)12-8-10(15)4-7-13(12)16/h2-8H,1H3,(H,17,18). The molecule has 0 radical (unpaired) electrons. The summed E-state index contributed by atoms with van der Waals surface area (Å²) in [6.45, 7) is 1.96. The first-order valence-corrected chi connectivity index (χ1v) is 6.18. The van der Waals surface area contributed by atoms with Crippen molar-refractivity contribution in [3.8, 4) is 0 Å². The molecule has 2 rings (SSSR count). The second-order valence-electron chi connectivity index (χ2n) is 3.94. The molecule has 4 heteroatoms. The van der Waals surface area contributed by atoms with Gasteiger partial charge in [0, 0.05) is 10.2 Å². The van der Waals surface area contributed by atoms with E-state index < -0.39 is 11.7 Å². The van der Waals surface area contributed by atoms with Gasteiger partial charge >= 0.3 is 0 Å². The van der Waals surface area contributed by atoms with Gasteiger partial charge in [-0.15, -0.1) is 0 Å². The van der Waals surface area contributed by atoms with Crippen molar-refractivity contribution in [2.45, 2.75) is 6.92 Å². The fourth-order valence-electron chi connectivity index (χ4n) is 1.51. The Kier molecular flexibility index (Phi) is 3.77. The minimum atomic E-state index is -0.539. The van der Waals surface area contributed by atoms with E-state index in [4.69, 9.17) is 0 Å². The molecule has 1 amide bonds. The van der Waals surface area contributed by atoms with E-state index in [9.17, 15) is 9.18 Å². The lowest BCUT2D eigenvalue weighted by molar-refractivity contribution is 0.102. The molecule has 92 valence electrons. The van der Waals surface area contributed by atoms with Crippen molar-refractivity contribution in [3.63, 3.8) is 0 Å². The molecule has 2 nitrogen and oxygen atoms in total. The van der Waals surface area contributed by atoms with Crippen LogP contribution in [0.25, 0.3) is 0 Å². The number of aryl methyl sites for hydroxylation is 1. The van der Waals surface area contributed by atoms with Gasteiger partial charge in [-0.3, -0.25) is 4.79 Å². The molecule has 2 aromatic rings. The van der Waals surface area contributed by atoms with Crippen LogP contribution >= 0.6 is 15.9 Å². The molecule has 0 atom stereocenters. The molecule has 18 heavy (non-hydrogen) atoms. The van der Waals surface area contributed by atoms with Gasteiger partial charge in [-0.05, 0) is 37.3 Å². The van der Waals surface area contributed by atoms with Crippen molar-refractivity contribution < 1.29 is 9.18 Å². The first-order chi connectivity index (χ1) is 8.56. The monoisotopic (exact) mass is 307 g/mol. The highest BCUT2D eigenvalue weighted by Crippen LogP contribution is 2.17. The molecule has 0 saturated heterocycles. The molecule has 0 bridgehead atoms. The number of nitrogens with one attached hydrogen (secondary N) is 1. The molecule has 2 aromatic carbocycles. The normalized spacial score (nSPS) is 10.2. The fraction of sp³-hybridized carbons (Fsp3) is 0.0714. The number of halogens is 2. The maximum absolute atomic E-state index is 13.5. The molecule has 0 aliphatic rings. The molecule has 0 saturated carbocycles. The van der Waals surface area contributed by atoms with E-state index in [-0.39, 0.29) is 5.56 Å². The molecular weight excluding hydrogens is 297 g/mol. The Bertz CT molecular complexity index is 581. The summed E-state index contributed by atoms with van der Waals surface area (Å²) < 4.78 is 14.2. The number of carbonyl (C=O) groups excluding carboxylic acids is 1. The molecule has 0 aliphatic carbocycles. The minimum absolute atomic E-state index is 0.0185. The Labute approximate surface area is 113 Å². The van der Waals surface area contributed by atoms with Crippen LogP contribution in [0, 0.1) is 12.7 Å². The number of hydrogen-bond donors (Lipinski definition) is 1. The number of benzene rings is 2. The van der Waals surface area contributed by atoms with E-state index in [0.29, 0.717) is 10.2 Å². The predicted octanol–water partition coefficient (Wildman–Crippen LogP) is 4.15. The third kappa shape index (κ3) is 2.96. The third-order valence-corrected chi connectivity index (χ3v) is 2.98. The molecule has 0 aromatic heterocycles. The number of rotatable bonds is 2. The van der Waals surface area contributed by atoms with Gasteiger partial charge in [0.1, 0.15) is 5.82 Å². The lowest BCUT2D eigenvalue weighted by atomic mass is 10.2. The van der Waals surface area contributed by atoms with Gasteiger partial charge in [-0.25, -0.2) is 4.39 Å². The highest BCUT2D eigenvalue weighted by molar-refractivity contribution is 9.10. The van der Waals surface area contributed by atoms with Crippen LogP contribution in [-0.4, -0.2) is 5.91 Å². The Morgan fingerprint density at radius 3 is 2.50 bits per heavy atom. The summed E-state index contributed by atoms with van der Waals surface area (Å²) in [4.78, 5) is 11.9. The molecule has 0 fully saturated rings. The Morgan fingerprint density at radius 2 is 1.83 bits per heavy atom. The van der Waals surface area contributed by atoms with Crippen LogP contribution in [0.3, 0.4) is 0 Å². The van der Waals surface area contributed by atoms with Crippen LogP contribution in [0.1, 0.15) is 15.9 Å². The Hall–Kier alpha value is -1.68. The Morgan fingerprint density at radius 1 is 1.17 bits per heavy atom. The summed E-state index contributed by atoms with van der Waals surface area (Å²) in [5.41, 5.74) is 1.76. The van der Waals surface area contributed by atoms with Gasteiger partial charge in [0.15, 0.2) is 0 Å². The van der Waals surface area contributed by atoms with Crippen LogP contribution in [0.2, 0.25) is 0 Å². The summed E-state index contributed by atoms with van der Waals surface area (Å²) in [6, 6.07) is 11.6. The molecule has 1 N–H and O–H groups in total. The third-order valence-electron chi connectivity index (χ3n) is 2.48. The average molecular weight is 308 g/mol. The van der Waals surface area contributed by atoms with Crippen LogP contribution in [0.4, 0.5) is 10.1 Å². The van der Waals surface area contributed by atoms with Crippen molar-refractivity contribution in [2.24, 2.45) is 0 Å². The van der Waals surface area contributed by atoms with Crippen LogP contribution in [0.5, 0.6) is 0 Å². The van der Waals surface area contributed by atoms with Crippen molar-refractivity contribution in [1.29, 1.82) is 0 Å². The molecule has 0 aliphatic heterocycles. The second kappa shape index (κ2) is 5.31. The lowest BCUT2D eigenvalue weighted by Gasteiger charge is -2.06.